The first-order valence-electron chi connectivity index (χ1n) is 6.01. The molecule has 0 aromatic heterocycles. The summed E-state index contributed by atoms with van der Waals surface area (Å²) in [5.74, 6) is 0. The van der Waals surface area contributed by atoms with Gasteiger partial charge in [-0.1, -0.05) is 60.7 Å². The minimum atomic E-state index is -1.50. The third-order valence-corrected chi connectivity index (χ3v) is 3.37. The second-order valence-corrected chi connectivity index (χ2v) is 5.20. The topological polar surface area (TPSA) is 43.1 Å². The van der Waals surface area contributed by atoms with Crippen LogP contribution in [0.15, 0.2) is 60.7 Å². The Labute approximate surface area is 117 Å². The standard InChI is InChI=1S/C15H14ClNO2/c16-15(17(18)19,11-13-7-3-1-4-8-13)12-14-9-5-2-6-10-14/h1-10H,11-12H2. The van der Waals surface area contributed by atoms with Crippen LogP contribution in [-0.2, 0) is 12.8 Å². The van der Waals surface area contributed by atoms with E-state index in [1.807, 2.05) is 60.7 Å². The van der Waals surface area contributed by atoms with Crippen LogP contribution in [0.2, 0.25) is 0 Å². The molecule has 0 atom stereocenters. The third kappa shape index (κ3) is 3.55. The van der Waals surface area contributed by atoms with E-state index in [-0.39, 0.29) is 12.8 Å². The van der Waals surface area contributed by atoms with E-state index in [0.29, 0.717) is 0 Å². The molecule has 0 heterocycles. The van der Waals surface area contributed by atoms with Gasteiger partial charge in [0.25, 0.3) is 0 Å². The third-order valence-electron chi connectivity index (χ3n) is 2.96. The zero-order chi connectivity index (χ0) is 13.7. The molecule has 2 aromatic rings. The Morgan fingerprint density at radius 1 is 0.895 bits per heavy atom. The van der Waals surface area contributed by atoms with Gasteiger partial charge in [0.15, 0.2) is 0 Å². The number of nitro groups is 1. The lowest BCUT2D eigenvalue weighted by molar-refractivity contribution is -0.541. The molecule has 0 bridgehead atoms. The Morgan fingerprint density at radius 2 is 1.26 bits per heavy atom. The Kier molecular flexibility index (Phi) is 4.17. The van der Waals surface area contributed by atoms with Crippen LogP contribution in [0.25, 0.3) is 0 Å². The van der Waals surface area contributed by atoms with Crippen molar-refractivity contribution < 1.29 is 4.92 Å². The van der Waals surface area contributed by atoms with Crippen molar-refractivity contribution in [3.05, 3.63) is 81.9 Å². The summed E-state index contributed by atoms with van der Waals surface area (Å²) < 4.78 is 0. The SMILES string of the molecule is O=[N+]([O-])C(Cl)(Cc1ccccc1)Cc1ccccc1. The molecule has 0 radical (unpaired) electrons. The highest BCUT2D eigenvalue weighted by atomic mass is 35.5. The van der Waals surface area contributed by atoms with Crippen molar-refractivity contribution in [2.45, 2.75) is 17.8 Å². The maximum absolute atomic E-state index is 11.3. The number of rotatable bonds is 5. The van der Waals surface area contributed by atoms with Crippen molar-refractivity contribution in [2.75, 3.05) is 0 Å². The molecule has 0 saturated carbocycles. The normalized spacial score (nSPS) is 11.2. The van der Waals surface area contributed by atoms with Crippen LogP contribution in [0.4, 0.5) is 0 Å². The molecule has 0 N–H and O–H groups in total. The first-order chi connectivity index (χ1) is 9.10. The molecular weight excluding hydrogens is 262 g/mol. The quantitative estimate of drug-likeness (QED) is 0.361. The summed E-state index contributed by atoms with van der Waals surface area (Å²) in [6.45, 7) is 0. The molecule has 0 aliphatic rings. The van der Waals surface area contributed by atoms with Crippen molar-refractivity contribution in [3.63, 3.8) is 0 Å². The van der Waals surface area contributed by atoms with Crippen molar-refractivity contribution in [2.24, 2.45) is 0 Å². The van der Waals surface area contributed by atoms with E-state index in [4.69, 9.17) is 11.6 Å². The Hall–Kier alpha value is -1.87. The van der Waals surface area contributed by atoms with Gasteiger partial charge in [-0.3, -0.25) is 10.1 Å². The summed E-state index contributed by atoms with van der Waals surface area (Å²) in [6, 6.07) is 18.6. The fourth-order valence-electron chi connectivity index (χ4n) is 2.01. The highest BCUT2D eigenvalue weighted by Crippen LogP contribution is 2.26. The average Bonchev–Trinajstić information content (AvgIpc) is 2.40. The zero-order valence-electron chi connectivity index (χ0n) is 10.3. The van der Waals surface area contributed by atoms with Crippen molar-refractivity contribution >= 4 is 11.6 Å². The molecule has 3 nitrogen and oxygen atoms in total. The van der Waals surface area contributed by atoms with Gasteiger partial charge in [0, 0.05) is 4.92 Å². The zero-order valence-corrected chi connectivity index (χ0v) is 11.1. The molecule has 2 rings (SSSR count). The van der Waals surface area contributed by atoms with Gasteiger partial charge in [0.05, 0.1) is 12.8 Å². The number of hydrogen-bond acceptors (Lipinski definition) is 2. The minimum absolute atomic E-state index is 0.206. The molecule has 2 aromatic carbocycles. The summed E-state index contributed by atoms with van der Waals surface area (Å²) >= 11 is 6.24. The number of nitrogens with zero attached hydrogens (tertiary/aromatic N) is 1. The molecule has 0 aliphatic heterocycles. The molecule has 0 aliphatic carbocycles. The van der Waals surface area contributed by atoms with Gasteiger partial charge in [-0.15, -0.1) is 0 Å². The van der Waals surface area contributed by atoms with Gasteiger partial charge in [0.2, 0.25) is 0 Å². The monoisotopic (exact) mass is 275 g/mol. The molecule has 19 heavy (non-hydrogen) atoms. The minimum Gasteiger partial charge on any atom is -0.263 e. The molecule has 0 unspecified atom stereocenters. The Balaban J connectivity index is 2.21. The number of hydrogen-bond donors (Lipinski definition) is 0. The van der Waals surface area contributed by atoms with Gasteiger partial charge in [-0.25, -0.2) is 0 Å². The van der Waals surface area contributed by atoms with Crippen LogP contribution >= 0.6 is 11.6 Å². The van der Waals surface area contributed by atoms with Crippen LogP contribution in [-0.4, -0.2) is 9.92 Å². The number of halogens is 1. The van der Waals surface area contributed by atoms with E-state index < -0.39 is 9.92 Å². The predicted octanol–water partition coefficient (Wildman–Crippen LogP) is 3.68. The van der Waals surface area contributed by atoms with E-state index in [2.05, 4.69) is 0 Å². The second kappa shape index (κ2) is 5.85. The molecule has 0 saturated heterocycles. The van der Waals surface area contributed by atoms with Gasteiger partial charge in [-0.05, 0) is 22.7 Å². The van der Waals surface area contributed by atoms with Gasteiger partial charge in [0.1, 0.15) is 0 Å². The summed E-state index contributed by atoms with van der Waals surface area (Å²) in [5, 5.41) is 11.3. The van der Waals surface area contributed by atoms with Crippen molar-refractivity contribution in [1.29, 1.82) is 0 Å². The fourth-order valence-corrected chi connectivity index (χ4v) is 2.32. The fraction of sp³-hybridized carbons (Fsp3) is 0.200. The van der Waals surface area contributed by atoms with Crippen molar-refractivity contribution in [1.82, 2.24) is 0 Å². The second-order valence-electron chi connectivity index (χ2n) is 4.50. The summed E-state index contributed by atoms with van der Waals surface area (Å²) in [6.07, 6.45) is 0.411. The van der Waals surface area contributed by atoms with E-state index >= 15 is 0 Å². The molecular formula is C15H14ClNO2. The molecule has 4 heteroatoms. The summed E-state index contributed by atoms with van der Waals surface area (Å²) in [4.78, 5) is 9.41. The Morgan fingerprint density at radius 3 is 1.58 bits per heavy atom. The lowest BCUT2D eigenvalue weighted by Crippen LogP contribution is -2.36. The highest BCUT2D eigenvalue weighted by molar-refractivity contribution is 6.22. The lowest BCUT2D eigenvalue weighted by atomic mass is 9.99. The maximum Gasteiger partial charge on any atom is 0.302 e. The van der Waals surface area contributed by atoms with Crippen LogP contribution in [0, 0.1) is 10.1 Å². The number of benzene rings is 2. The van der Waals surface area contributed by atoms with E-state index in [1.165, 1.54) is 0 Å². The van der Waals surface area contributed by atoms with Crippen LogP contribution in [0.3, 0.4) is 0 Å². The van der Waals surface area contributed by atoms with E-state index in [0.717, 1.165) is 11.1 Å². The summed E-state index contributed by atoms with van der Waals surface area (Å²) in [7, 11) is 0. The largest absolute Gasteiger partial charge is 0.302 e. The van der Waals surface area contributed by atoms with Crippen LogP contribution in [0.5, 0.6) is 0 Å². The maximum atomic E-state index is 11.3. The van der Waals surface area contributed by atoms with E-state index in [9.17, 15) is 10.1 Å². The lowest BCUT2D eigenvalue weighted by Gasteiger charge is -2.18. The Bertz CT molecular complexity index is 501. The van der Waals surface area contributed by atoms with Crippen LogP contribution < -0.4 is 0 Å². The number of alkyl halides is 1. The smallest absolute Gasteiger partial charge is 0.263 e. The van der Waals surface area contributed by atoms with Crippen LogP contribution in [0.1, 0.15) is 11.1 Å². The first-order valence-corrected chi connectivity index (χ1v) is 6.39. The average molecular weight is 276 g/mol. The molecule has 0 fully saturated rings. The molecule has 0 amide bonds. The van der Waals surface area contributed by atoms with E-state index in [1.54, 1.807) is 0 Å². The summed E-state index contributed by atoms with van der Waals surface area (Å²) in [5.41, 5.74) is 1.73. The van der Waals surface area contributed by atoms with Gasteiger partial charge in [-0.2, -0.15) is 0 Å². The molecule has 98 valence electrons. The molecule has 0 spiro atoms. The van der Waals surface area contributed by atoms with Gasteiger partial charge < -0.3 is 0 Å². The van der Waals surface area contributed by atoms with Gasteiger partial charge >= 0.3 is 5.00 Å². The first kappa shape index (κ1) is 13.6. The predicted molar refractivity (Wildman–Crippen MR) is 75.9 cm³/mol. The van der Waals surface area contributed by atoms with Crippen molar-refractivity contribution in [3.8, 4) is 0 Å². The highest BCUT2D eigenvalue weighted by Gasteiger charge is 2.40.